The Morgan fingerprint density at radius 2 is 2.06 bits per heavy atom. The van der Waals surface area contributed by atoms with Crippen LogP contribution in [0.25, 0.3) is 10.3 Å². The zero-order valence-electron chi connectivity index (χ0n) is 17.6. The third-order valence-electron chi connectivity index (χ3n) is 4.24. The molecule has 0 spiro atoms. The van der Waals surface area contributed by atoms with Gasteiger partial charge in [0.2, 0.25) is 0 Å². The van der Waals surface area contributed by atoms with Gasteiger partial charge in [0.05, 0.1) is 23.6 Å². The van der Waals surface area contributed by atoms with Gasteiger partial charge < -0.3 is 20.8 Å². The summed E-state index contributed by atoms with van der Waals surface area (Å²) in [5.41, 5.74) is 6.52. The lowest BCUT2D eigenvalue weighted by atomic mass is 10.0. The summed E-state index contributed by atoms with van der Waals surface area (Å²) >= 11 is 2.40. The average molecular weight is 503 g/mol. The number of nitrogens with two attached hydrogens (primary N) is 1. The van der Waals surface area contributed by atoms with Crippen LogP contribution in [0, 0.1) is 11.7 Å². The van der Waals surface area contributed by atoms with Crippen LogP contribution in [0.1, 0.15) is 38.1 Å². The second-order valence-electron chi connectivity index (χ2n) is 7.45. The van der Waals surface area contributed by atoms with Gasteiger partial charge in [-0.3, -0.25) is 9.51 Å². The molecule has 2 atom stereocenters. The number of rotatable bonds is 10. The van der Waals surface area contributed by atoms with Gasteiger partial charge in [0.15, 0.2) is 21.8 Å². The van der Waals surface area contributed by atoms with E-state index in [1.807, 2.05) is 13.8 Å². The number of anilines is 2. The van der Waals surface area contributed by atoms with Crippen molar-refractivity contribution < 1.29 is 23.3 Å². The van der Waals surface area contributed by atoms with Crippen molar-refractivity contribution in [1.29, 1.82) is 0 Å². The second kappa shape index (κ2) is 10.4. The van der Waals surface area contributed by atoms with E-state index in [0.29, 0.717) is 32.9 Å². The predicted molar refractivity (Wildman–Crippen MR) is 123 cm³/mol. The first-order valence-corrected chi connectivity index (χ1v) is 12.9. The Bertz CT molecular complexity index is 1130. The molecule has 0 aromatic carbocycles. The molecule has 0 aliphatic heterocycles. The van der Waals surface area contributed by atoms with Gasteiger partial charge in [-0.2, -0.15) is 0 Å². The van der Waals surface area contributed by atoms with E-state index in [-0.39, 0.29) is 23.5 Å². The minimum atomic E-state index is -4.63. The Labute approximate surface area is 192 Å². The molecule has 10 nitrogen and oxygen atoms in total. The van der Waals surface area contributed by atoms with Crippen LogP contribution >= 0.6 is 30.9 Å². The lowest BCUT2D eigenvalue weighted by Gasteiger charge is -2.22. The van der Waals surface area contributed by atoms with Gasteiger partial charge in [-0.25, -0.2) is 23.9 Å². The normalized spacial score (nSPS) is 14.1. The van der Waals surface area contributed by atoms with Crippen LogP contribution in [-0.4, -0.2) is 42.4 Å². The molecule has 0 saturated heterocycles. The molecule has 0 amide bonds. The summed E-state index contributed by atoms with van der Waals surface area (Å²) in [4.78, 5) is 35.5. The first kappa shape index (κ1) is 24.7. The molecule has 14 heteroatoms. The number of halogens is 1. The fraction of sp³-hybridized carbons (Fsp3) is 0.444. The van der Waals surface area contributed by atoms with Gasteiger partial charge in [0.25, 0.3) is 0 Å². The molecule has 32 heavy (non-hydrogen) atoms. The van der Waals surface area contributed by atoms with Crippen LogP contribution < -0.4 is 11.1 Å². The molecule has 3 rings (SSSR count). The van der Waals surface area contributed by atoms with Gasteiger partial charge in [0.1, 0.15) is 10.5 Å². The summed E-state index contributed by atoms with van der Waals surface area (Å²) in [6.07, 6.45) is 2.09. The molecule has 3 aromatic heterocycles. The fourth-order valence-electron chi connectivity index (χ4n) is 3.00. The Balaban J connectivity index is 1.91. The Morgan fingerprint density at radius 1 is 1.31 bits per heavy atom. The van der Waals surface area contributed by atoms with Crippen molar-refractivity contribution in [2.75, 3.05) is 17.7 Å². The van der Waals surface area contributed by atoms with E-state index >= 15 is 0 Å². The highest BCUT2D eigenvalue weighted by Gasteiger charge is 2.23. The quantitative estimate of drug-likeness (QED) is 0.180. The van der Waals surface area contributed by atoms with Crippen LogP contribution in [-0.2, 0) is 9.09 Å². The average Bonchev–Trinajstić information content (AvgIpc) is 3.06. The first-order chi connectivity index (χ1) is 15.0. The Hall–Kier alpha value is -1.89. The maximum absolute atomic E-state index is 14.1. The SMILES string of the molecule is CC(C)CC(COP(=O)(O)O)Nc1nc(SC(C)c2ncccc2F)nc2nc(N)sc12. The summed E-state index contributed by atoms with van der Waals surface area (Å²) in [6.45, 7) is 5.54. The first-order valence-electron chi connectivity index (χ1n) is 9.69. The maximum Gasteiger partial charge on any atom is 0.469 e. The third kappa shape index (κ3) is 6.80. The molecule has 0 aliphatic carbocycles. The van der Waals surface area contributed by atoms with E-state index in [0.717, 1.165) is 0 Å². The lowest BCUT2D eigenvalue weighted by molar-refractivity contribution is 0.184. The highest BCUT2D eigenvalue weighted by molar-refractivity contribution is 7.99. The number of thiazole rings is 1. The minimum absolute atomic E-state index is 0.220. The molecule has 174 valence electrons. The van der Waals surface area contributed by atoms with Gasteiger partial charge in [0, 0.05) is 6.20 Å². The topological polar surface area (TPSA) is 156 Å². The molecule has 0 fully saturated rings. The van der Waals surface area contributed by atoms with Crippen molar-refractivity contribution >= 4 is 52.2 Å². The highest BCUT2D eigenvalue weighted by atomic mass is 32.2. The van der Waals surface area contributed by atoms with E-state index in [1.54, 1.807) is 6.92 Å². The third-order valence-corrected chi connectivity index (χ3v) is 6.58. The van der Waals surface area contributed by atoms with Crippen LogP contribution in [0.2, 0.25) is 0 Å². The Kier molecular flexibility index (Phi) is 8.01. The molecule has 0 radical (unpaired) electrons. The minimum Gasteiger partial charge on any atom is -0.375 e. The molecular formula is C18H24FN6O4PS2. The maximum atomic E-state index is 14.1. The smallest absolute Gasteiger partial charge is 0.375 e. The number of thioether (sulfide) groups is 1. The number of hydrogen-bond donors (Lipinski definition) is 4. The summed E-state index contributed by atoms with van der Waals surface area (Å²) in [7, 11) is -4.63. The monoisotopic (exact) mass is 502 g/mol. The molecule has 2 unspecified atom stereocenters. The highest BCUT2D eigenvalue weighted by Crippen LogP contribution is 2.38. The summed E-state index contributed by atoms with van der Waals surface area (Å²) in [6, 6.07) is 2.43. The number of hydrogen-bond acceptors (Lipinski definition) is 10. The number of phosphoric acid groups is 1. The number of nitrogens with zero attached hydrogens (tertiary/aromatic N) is 4. The number of fused-ring (bicyclic) bond motifs is 1. The van der Waals surface area contributed by atoms with Gasteiger partial charge in [-0.1, -0.05) is 36.9 Å². The van der Waals surface area contributed by atoms with Gasteiger partial charge >= 0.3 is 7.82 Å². The summed E-state index contributed by atoms with van der Waals surface area (Å²) in [5, 5.41) is 3.46. The van der Waals surface area contributed by atoms with E-state index in [9.17, 15) is 8.96 Å². The predicted octanol–water partition coefficient (Wildman–Crippen LogP) is 3.99. The number of nitrogen functional groups attached to an aromatic ring is 1. The Morgan fingerprint density at radius 3 is 2.72 bits per heavy atom. The molecule has 5 N–H and O–H groups in total. The molecule has 3 heterocycles. The summed E-state index contributed by atoms with van der Waals surface area (Å²) < 4.78 is 30.6. The van der Waals surface area contributed by atoms with Crippen molar-refractivity contribution in [1.82, 2.24) is 19.9 Å². The zero-order valence-corrected chi connectivity index (χ0v) is 20.1. The standard InChI is InChI=1S/C18H24FN6O4PS2/c1-9(2)7-11(8-29-30(26,27)28)22-15-14-16(23-17(20)32-14)25-18(24-15)31-10(3)13-12(19)5-4-6-21-13/h4-6,9-11H,7-8H2,1-3H3,(H2,26,27,28)(H3,20,22,23,24,25). The van der Waals surface area contributed by atoms with Crippen LogP contribution in [0.5, 0.6) is 0 Å². The lowest BCUT2D eigenvalue weighted by Crippen LogP contribution is -2.27. The largest absolute Gasteiger partial charge is 0.469 e. The summed E-state index contributed by atoms with van der Waals surface area (Å²) in [5.74, 6) is 0.217. The van der Waals surface area contributed by atoms with Crippen molar-refractivity contribution in [3.63, 3.8) is 0 Å². The van der Waals surface area contributed by atoms with Crippen LogP contribution in [0.15, 0.2) is 23.5 Å². The fourth-order valence-corrected chi connectivity index (χ4v) is 4.98. The number of pyridine rings is 1. The molecular weight excluding hydrogens is 478 g/mol. The van der Waals surface area contributed by atoms with Crippen molar-refractivity contribution in [2.24, 2.45) is 5.92 Å². The second-order valence-corrected chi connectivity index (χ2v) is 11.0. The van der Waals surface area contributed by atoms with Crippen LogP contribution in [0.3, 0.4) is 0 Å². The van der Waals surface area contributed by atoms with Crippen molar-refractivity contribution in [3.05, 3.63) is 29.8 Å². The van der Waals surface area contributed by atoms with Gasteiger partial charge in [-0.05, 0) is 31.4 Å². The van der Waals surface area contributed by atoms with E-state index in [4.69, 9.17) is 20.0 Å². The molecule has 0 saturated carbocycles. The molecule has 0 bridgehead atoms. The van der Waals surface area contributed by atoms with Crippen LogP contribution in [0.4, 0.5) is 15.3 Å². The molecule has 0 aliphatic rings. The zero-order chi connectivity index (χ0) is 23.5. The van der Waals surface area contributed by atoms with Crippen molar-refractivity contribution in [3.8, 4) is 0 Å². The van der Waals surface area contributed by atoms with Crippen molar-refractivity contribution in [2.45, 2.75) is 43.6 Å². The van der Waals surface area contributed by atoms with E-state index in [1.165, 1.54) is 41.4 Å². The van der Waals surface area contributed by atoms with E-state index in [2.05, 4.69) is 25.3 Å². The van der Waals surface area contributed by atoms with E-state index < -0.39 is 19.7 Å². The molecule has 3 aromatic rings. The number of nitrogens with one attached hydrogen (secondary N) is 1. The van der Waals surface area contributed by atoms with Gasteiger partial charge in [-0.15, -0.1) is 0 Å². The number of phosphoric ester groups is 1. The number of aromatic nitrogens is 4.